The molecule has 0 aromatic heterocycles. The van der Waals surface area contributed by atoms with Gasteiger partial charge in [0.2, 0.25) is 0 Å². The van der Waals surface area contributed by atoms with Crippen LogP contribution in [0.3, 0.4) is 0 Å². The maximum absolute atomic E-state index is 3.47. The van der Waals surface area contributed by atoms with Gasteiger partial charge in [0.1, 0.15) is 0 Å². The first-order valence-corrected chi connectivity index (χ1v) is 5.47. The third-order valence-electron chi connectivity index (χ3n) is 1.35. The van der Waals surface area contributed by atoms with E-state index in [1.54, 1.807) is 11.9 Å². The highest BCUT2D eigenvalue weighted by atomic mass is 79.9. The number of hydrogen-bond acceptors (Lipinski definition) is 2. The van der Waals surface area contributed by atoms with E-state index in [0.29, 0.717) is 0 Å². The molecule has 0 spiro atoms. The number of halogens is 1. The SMILES string of the molecule is CCCN(Br)Sc1ccccc1. The topological polar surface area (TPSA) is 3.24 Å². The van der Waals surface area contributed by atoms with Crippen LogP contribution in [0, 0.1) is 0 Å². The Morgan fingerprint density at radius 1 is 1.33 bits per heavy atom. The van der Waals surface area contributed by atoms with E-state index in [9.17, 15) is 0 Å². The molecule has 1 rings (SSSR count). The normalized spacial score (nSPS) is 10.6. The van der Waals surface area contributed by atoms with Crippen molar-refractivity contribution >= 4 is 28.1 Å². The Bertz CT molecular complexity index is 215. The molecular weight excluding hydrogens is 234 g/mol. The highest BCUT2D eigenvalue weighted by molar-refractivity contribution is 9.09. The van der Waals surface area contributed by atoms with Crippen LogP contribution in [0.4, 0.5) is 0 Å². The Hall–Kier alpha value is 0.0100. The van der Waals surface area contributed by atoms with Gasteiger partial charge in [0.15, 0.2) is 0 Å². The second-order valence-corrected chi connectivity index (χ2v) is 4.87. The van der Waals surface area contributed by atoms with Crippen molar-refractivity contribution in [2.24, 2.45) is 0 Å². The quantitative estimate of drug-likeness (QED) is 0.588. The summed E-state index contributed by atoms with van der Waals surface area (Å²) < 4.78 is 2.07. The van der Waals surface area contributed by atoms with Gasteiger partial charge >= 0.3 is 0 Å². The van der Waals surface area contributed by atoms with Crippen LogP contribution in [0.1, 0.15) is 13.3 Å². The molecule has 0 heterocycles. The molecule has 0 bridgehead atoms. The zero-order chi connectivity index (χ0) is 8.81. The Morgan fingerprint density at radius 3 is 2.58 bits per heavy atom. The van der Waals surface area contributed by atoms with Crippen LogP contribution in [-0.4, -0.2) is 9.88 Å². The smallest absolute Gasteiger partial charge is 0.0240 e. The lowest BCUT2D eigenvalue weighted by Gasteiger charge is -2.10. The molecule has 0 atom stereocenters. The minimum absolute atomic E-state index is 1.06. The summed E-state index contributed by atoms with van der Waals surface area (Å²) in [6.45, 7) is 3.22. The molecule has 0 aliphatic rings. The largest absolute Gasteiger partial charge is 0.182 e. The van der Waals surface area contributed by atoms with Gasteiger partial charge in [-0.2, -0.15) is 3.33 Å². The van der Waals surface area contributed by atoms with Crippen LogP contribution < -0.4 is 0 Å². The van der Waals surface area contributed by atoms with E-state index >= 15 is 0 Å². The van der Waals surface area contributed by atoms with Gasteiger partial charge in [-0.05, 0) is 30.5 Å². The van der Waals surface area contributed by atoms with Gasteiger partial charge in [0.25, 0.3) is 0 Å². The van der Waals surface area contributed by atoms with Crippen molar-refractivity contribution < 1.29 is 0 Å². The lowest BCUT2D eigenvalue weighted by Crippen LogP contribution is -2.01. The fourth-order valence-electron chi connectivity index (χ4n) is 0.817. The van der Waals surface area contributed by atoms with Crippen LogP contribution in [0.2, 0.25) is 0 Å². The third-order valence-corrected chi connectivity index (χ3v) is 3.00. The van der Waals surface area contributed by atoms with Gasteiger partial charge in [-0.1, -0.05) is 25.1 Å². The van der Waals surface area contributed by atoms with Crippen molar-refractivity contribution in [3.05, 3.63) is 30.3 Å². The third kappa shape index (κ3) is 3.61. The minimum Gasteiger partial charge on any atom is -0.182 e. The van der Waals surface area contributed by atoms with Crippen LogP contribution in [-0.2, 0) is 0 Å². The van der Waals surface area contributed by atoms with Gasteiger partial charge in [-0.15, -0.1) is 0 Å². The fraction of sp³-hybridized carbons (Fsp3) is 0.333. The van der Waals surface area contributed by atoms with Gasteiger partial charge in [-0.25, -0.2) is 0 Å². The molecule has 0 fully saturated rings. The van der Waals surface area contributed by atoms with Gasteiger partial charge < -0.3 is 0 Å². The monoisotopic (exact) mass is 245 g/mol. The summed E-state index contributed by atoms with van der Waals surface area (Å²) in [7, 11) is 0. The summed E-state index contributed by atoms with van der Waals surface area (Å²) in [4.78, 5) is 1.27. The van der Waals surface area contributed by atoms with Crippen molar-refractivity contribution in [2.45, 2.75) is 18.2 Å². The average Bonchev–Trinajstić information content (AvgIpc) is 2.06. The van der Waals surface area contributed by atoms with Crippen molar-refractivity contribution in [3.63, 3.8) is 0 Å². The molecule has 3 heteroatoms. The summed E-state index contributed by atoms with van der Waals surface area (Å²) in [6, 6.07) is 10.3. The van der Waals surface area contributed by atoms with E-state index < -0.39 is 0 Å². The fourth-order valence-corrected chi connectivity index (χ4v) is 2.45. The van der Waals surface area contributed by atoms with Crippen molar-refractivity contribution in [1.29, 1.82) is 0 Å². The number of hydrogen-bond donors (Lipinski definition) is 0. The average molecular weight is 246 g/mol. The molecule has 0 saturated heterocycles. The molecule has 66 valence electrons. The van der Waals surface area contributed by atoms with E-state index in [2.05, 4.69) is 50.7 Å². The number of nitrogens with zero attached hydrogens (tertiary/aromatic N) is 1. The van der Waals surface area contributed by atoms with Crippen LogP contribution in [0.25, 0.3) is 0 Å². The summed E-state index contributed by atoms with van der Waals surface area (Å²) in [6.07, 6.45) is 1.16. The Kier molecular flexibility index (Phi) is 4.73. The molecule has 0 unspecified atom stereocenters. The van der Waals surface area contributed by atoms with Gasteiger partial charge in [0.05, 0.1) is 0 Å². The highest BCUT2D eigenvalue weighted by Gasteiger charge is 1.99. The van der Waals surface area contributed by atoms with Crippen LogP contribution >= 0.6 is 28.1 Å². The first-order chi connectivity index (χ1) is 5.83. The van der Waals surface area contributed by atoms with E-state index in [1.807, 2.05) is 6.07 Å². The molecule has 0 aliphatic heterocycles. The van der Waals surface area contributed by atoms with E-state index in [4.69, 9.17) is 0 Å². The second-order valence-electron chi connectivity index (χ2n) is 2.45. The molecular formula is C9H12BrNS. The maximum atomic E-state index is 3.47. The van der Waals surface area contributed by atoms with Gasteiger partial charge in [-0.3, -0.25) is 0 Å². The van der Waals surface area contributed by atoms with Crippen molar-refractivity contribution in [2.75, 3.05) is 6.54 Å². The Morgan fingerprint density at radius 2 is 2.00 bits per heavy atom. The van der Waals surface area contributed by atoms with Crippen molar-refractivity contribution in [3.8, 4) is 0 Å². The van der Waals surface area contributed by atoms with Gasteiger partial charge in [0, 0.05) is 27.6 Å². The summed E-state index contributed by atoms with van der Waals surface area (Å²) in [5, 5.41) is 0. The molecule has 1 nitrogen and oxygen atoms in total. The molecule has 0 radical (unpaired) electrons. The summed E-state index contributed by atoms with van der Waals surface area (Å²) >= 11 is 5.19. The Balaban J connectivity index is 2.41. The first-order valence-electron chi connectivity index (χ1n) is 3.99. The first kappa shape index (κ1) is 10.1. The maximum Gasteiger partial charge on any atom is 0.0240 e. The molecule has 0 N–H and O–H groups in total. The molecule has 0 aliphatic carbocycles. The zero-order valence-corrected chi connectivity index (χ0v) is 9.44. The lowest BCUT2D eigenvalue weighted by atomic mass is 10.4. The van der Waals surface area contributed by atoms with Crippen molar-refractivity contribution in [1.82, 2.24) is 3.33 Å². The summed E-state index contributed by atoms with van der Waals surface area (Å²) in [5.74, 6) is 0. The molecule has 1 aromatic carbocycles. The van der Waals surface area contributed by atoms with E-state index in [0.717, 1.165) is 13.0 Å². The predicted octanol–water partition coefficient (Wildman–Crippen LogP) is 3.72. The Labute approximate surface area is 86.6 Å². The predicted molar refractivity (Wildman–Crippen MR) is 58.2 cm³/mol. The van der Waals surface area contributed by atoms with E-state index in [-0.39, 0.29) is 0 Å². The number of rotatable bonds is 4. The highest BCUT2D eigenvalue weighted by Crippen LogP contribution is 2.24. The lowest BCUT2D eigenvalue weighted by molar-refractivity contribution is 0.725. The van der Waals surface area contributed by atoms with Crippen LogP contribution in [0.5, 0.6) is 0 Å². The minimum atomic E-state index is 1.06. The molecule has 0 saturated carbocycles. The van der Waals surface area contributed by atoms with Crippen LogP contribution in [0.15, 0.2) is 35.2 Å². The number of benzene rings is 1. The second kappa shape index (κ2) is 5.62. The standard InChI is InChI=1S/C9H12BrNS/c1-2-8-11(10)12-9-6-4-3-5-7-9/h3-7H,2,8H2,1H3. The van der Waals surface area contributed by atoms with E-state index in [1.165, 1.54) is 4.90 Å². The molecule has 1 aromatic rings. The zero-order valence-electron chi connectivity index (χ0n) is 7.03. The summed E-state index contributed by atoms with van der Waals surface area (Å²) in [5.41, 5.74) is 0. The molecule has 0 amide bonds. The molecule has 12 heavy (non-hydrogen) atoms.